The Kier molecular flexibility index (Phi) is 10.8. The number of carbonyl (C=O) groups excluding carboxylic acids is 1. The van der Waals surface area contributed by atoms with Crippen LogP contribution in [0.1, 0.15) is 18.4 Å². The third-order valence-corrected chi connectivity index (χ3v) is 9.92. The van der Waals surface area contributed by atoms with E-state index in [9.17, 15) is 13.2 Å². The quantitative estimate of drug-likeness (QED) is 0.144. The van der Waals surface area contributed by atoms with Crippen LogP contribution in [0, 0.1) is 0 Å². The summed E-state index contributed by atoms with van der Waals surface area (Å²) in [5.74, 6) is 0.577. The lowest BCUT2D eigenvalue weighted by Crippen LogP contribution is -2.35. The van der Waals surface area contributed by atoms with Gasteiger partial charge in [-0.25, -0.2) is 18.1 Å². The fraction of sp³-hybridized carbons (Fsp3) is 0.273. The van der Waals surface area contributed by atoms with Crippen molar-refractivity contribution in [2.45, 2.75) is 30.3 Å². The van der Waals surface area contributed by atoms with Crippen molar-refractivity contribution in [2.24, 2.45) is 0 Å². The SMILES string of the molecule is CNCCNS(=O)(=O)c1ccc(-c2cccc(-c3cccc(-c4ccc(CNC[C@@H]5CCC(=O)N5)c(OC)n4)c3Cl)c2Cl)cc1. The Bertz CT molecular complexity index is 1780. The maximum atomic E-state index is 12.6. The van der Waals surface area contributed by atoms with Gasteiger partial charge in [0.15, 0.2) is 0 Å². The molecule has 0 spiro atoms. The number of amides is 1. The van der Waals surface area contributed by atoms with E-state index >= 15 is 0 Å². The molecule has 1 amide bonds. The fourth-order valence-corrected chi connectivity index (χ4v) is 6.94. The smallest absolute Gasteiger partial charge is 0.240 e. The standard InChI is InChI=1S/C33H35Cl2N5O4S/c1-36-17-18-38-45(42,43)24-13-9-21(10-14-24)25-5-3-6-26(31(25)34)27-7-4-8-28(32(27)35)29-15-11-22(33(40-29)44-2)19-37-20-23-12-16-30(41)39-23/h3-11,13-15,23,36-38H,12,16-20H2,1-2H3,(H,39,41)/t23-/m0/s1. The minimum atomic E-state index is -3.62. The Morgan fingerprint density at radius 3 is 2.22 bits per heavy atom. The average Bonchev–Trinajstić information content (AvgIpc) is 3.46. The van der Waals surface area contributed by atoms with Crippen molar-refractivity contribution in [2.75, 3.05) is 33.8 Å². The molecule has 9 nitrogen and oxygen atoms in total. The van der Waals surface area contributed by atoms with Crippen molar-refractivity contribution in [3.05, 3.63) is 88.4 Å². The number of likely N-dealkylation sites (N-methyl/N-ethyl adjacent to an activating group) is 1. The van der Waals surface area contributed by atoms with Crippen LogP contribution in [0.2, 0.25) is 10.0 Å². The second-order valence-corrected chi connectivity index (χ2v) is 13.2. The third kappa shape index (κ3) is 7.66. The first-order chi connectivity index (χ1) is 21.7. The Balaban J connectivity index is 1.38. The van der Waals surface area contributed by atoms with Crippen molar-refractivity contribution >= 4 is 39.1 Å². The van der Waals surface area contributed by atoms with Crippen LogP contribution in [0.25, 0.3) is 33.5 Å². The minimum Gasteiger partial charge on any atom is -0.481 e. The van der Waals surface area contributed by atoms with Crippen molar-refractivity contribution in [1.82, 2.24) is 25.7 Å². The summed E-state index contributed by atoms with van der Waals surface area (Å²) in [5.41, 5.74) is 5.25. The zero-order valence-electron chi connectivity index (χ0n) is 25.0. The molecule has 0 unspecified atom stereocenters. The largest absolute Gasteiger partial charge is 0.481 e. The van der Waals surface area contributed by atoms with Crippen LogP contribution in [-0.2, 0) is 21.4 Å². The van der Waals surface area contributed by atoms with Gasteiger partial charge in [-0.2, -0.15) is 0 Å². The molecule has 1 aromatic heterocycles. The number of hydrogen-bond acceptors (Lipinski definition) is 7. The zero-order valence-corrected chi connectivity index (χ0v) is 27.3. The van der Waals surface area contributed by atoms with Gasteiger partial charge in [0.2, 0.25) is 21.8 Å². The molecule has 45 heavy (non-hydrogen) atoms. The van der Waals surface area contributed by atoms with Gasteiger partial charge in [0.25, 0.3) is 0 Å². The van der Waals surface area contributed by atoms with E-state index in [1.165, 1.54) is 0 Å². The summed E-state index contributed by atoms with van der Waals surface area (Å²) < 4.78 is 33.4. The molecule has 12 heteroatoms. The van der Waals surface area contributed by atoms with E-state index in [0.29, 0.717) is 54.2 Å². The average molecular weight is 669 g/mol. The van der Waals surface area contributed by atoms with Crippen molar-refractivity contribution < 1.29 is 17.9 Å². The first kappa shape index (κ1) is 32.9. The topological polar surface area (TPSA) is 121 Å². The van der Waals surface area contributed by atoms with Gasteiger partial charge in [0.05, 0.1) is 27.7 Å². The molecule has 2 heterocycles. The van der Waals surface area contributed by atoms with Crippen LogP contribution >= 0.6 is 23.2 Å². The number of pyridine rings is 1. The monoisotopic (exact) mass is 667 g/mol. The Morgan fingerprint density at radius 1 is 0.911 bits per heavy atom. The third-order valence-electron chi connectivity index (χ3n) is 7.63. The van der Waals surface area contributed by atoms with Crippen LogP contribution in [0.5, 0.6) is 5.88 Å². The van der Waals surface area contributed by atoms with Gasteiger partial charge in [-0.1, -0.05) is 77.8 Å². The number of halogens is 2. The molecule has 0 bridgehead atoms. The predicted molar refractivity (Wildman–Crippen MR) is 179 cm³/mol. The number of carbonyl (C=O) groups is 1. The number of nitrogens with one attached hydrogen (secondary N) is 4. The van der Waals surface area contributed by atoms with Gasteiger partial charge in [0, 0.05) is 66.5 Å². The maximum absolute atomic E-state index is 12.6. The molecule has 5 rings (SSSR count). The van der Waals surface area contributed by atoms with Gasteiger partial charge in [-0.05, 0) is 37.2 Å². The molecule has 1 aliphatic rings. The second-order valence-electron chi connectivity index (χ2n) is 10.7. The number of aromatic nitrogens is 1. The highest BCUT2D eigenvalue weighted by molar-refractivity contribution is 7.89. The number of hydrogen-bond donors (Lipinski definition) is 4. The lowest BCUT2D eigenvalue weighted by atomic mass is 9.97. The van der Waals surface area contributed by atoms with E-state index < -0.39 is 10.0 Å². The molecule has 0 saturated carbocycles. The highest BCUT2D eigenvalue weighted by atomic mass is 35.5. The molecule has 3 aromatic carbocycles. The summed E-state index contributed by atoms with van der Waals surface area (Å²) in [5, 5.41) is 10.2. The molecular weight excluding hydrogens is 633 g/mol. The van der Waals surface area contributed by atoms with Crippen molar-refractivity contribution in [3.63, 3.8) is 0 Å². The molecule has 1 atom stereocenters. The zero-order chi connectivity index (χ0) is 32.0. The van der Waals surface area contributed by atoms with Gasteiger partial charge in [-0.3, -0.25) is 4.79 Å². The number of methoxy groups -OCH3 is 1. The van der Waals surface area contributed by atoms with Gasteiger partial charge in [0.1, 0.15) is 0 Å². The lowest BCUT2D eigenvalue weighted by Gasteiger charge is -2.16. The molecule has 236 valence electrons. The number of ether oxygens (including phenoxy) is 1. The summed E-state index contributed by atoms with van der Waals surface area (Å²) in [6.45, 7) is 2.03. The molecule has 0 aliphatic carbocycles. The molecular formula is C33H35Cl2N5O4S. The van der Waals surface area contributed by atoms with Crippen LogP contribution in [-0.4, -0.2) is 59.1 Å². The molecule has 0 radical (unpaired) electrons. The number of nitrogens with zero attached hydrogens (tertiary/aromatic N) is 1. The molecule has 1 aliphatic heterocycles. The van der Waals surface area contributed by atoms with Gasteiger partial charge in [-0.15, -0.1) is 0 Å². The van der Waals surface area contributed by atoms with Crippen LogP contribution in [0.4, 0.5) is 0 Å². The van der Waals surface area contributed by atoms with E-state index in [0.717, 1.165) is 39.8 Å². The van der Waals surface area contributed by atoms with Gasteiger partial charge < -0.3 is 20.7 Å². The van der Waals surface area contributed by atoms with E-state index in [1.807, 2.05) is 48.5 Å². The molecule has 4 aromatic rings. The van der Waals surface area contributed by atoms with Crippen molar-refractivity contribution in [1.29, 1.82) is 0 Å². The normalized spacial score (nSPS) is 14.8. The van der Waals surface area contributed by atoms with E-state index in [-0.39, 0.29) is 16.8 Å². The maximum Gasteiger partial charge on any atom is 0.240 e. The molecule has 1 fully saturated rings. The van der Waals surface area contributed by atoms with Crippen LogP contribution in [0.3, 0.4) is 0 Å². The fourth-order valence-electron chi connectivity index (χ4n) is 5.25. The summed E-state index contributed by atoms with van der Waals surface area (Å²) in [4.78, 5) is 16.4. The summed E-state index contributed by atoms with van der Waals surface area (Å²) >= 11 is 14.0. The molecule has 4 N–H and O–H groups in total. The summed E-state index contributed by atoms with van der Waals surface area (Å²) in [6.07, 6.45) is 1.39. The van der Waals surface area contributed by atoms with Crippen LogP contribution in [0.15, 0.2) is 77.7 Å². The van der Waals surface area contributed by atoms with E-state index in [4.69, 9.17) is 32.9 Å². The number of benzene rings is 3. The van der Waals surface area contributed by atoms with Crippen LogP contribution < -0.4 is 25.4 Å². The highest BCUT2D eigenvalue weighted by Gasteiger charge is 2.21. The minimum absolute atomic E-state index is 0.0911. The van der Waals surface area contributed by atoms with E-state index in [1.54, 1.807) is 38.4 Å². The first-order valence-electron chi connectivity index (χ1n) is 14.6. The number of sulfonamides is 1. The Labute approximate surface area is 273 Å². The predicted octanol–water partition coefficient (Wildman–Crippen LogP) is 5.26. The van der Waals surface area contributed by atoms with Gasteiger partial charge >= 0.3 is 0 Å². The lowest BCUT2D eigenvalue weighted by molar-refractivity contribution is -0.119. The van der Waals surface area contributed by atoms with E-state index in [2.05, 4.69) is 20.7 Å². The Morgan fingerprint density at radius 2 is 1.58 bits per heavy atom. The molecule has 1 saturated heterocycles. The summed E-state index contributed by atoms with van der Waals surface area (Å²) in [6, 6.07) is 22.0. The number of rotatable bonds is 13. The van der Waals surface area contributed by atoms with Crippen molar-refractivity contribution in [3.8, 4) is 39.4 Å². The Hall–Kier alpha value is -3.51. The summed E-state index contributed by atoms with van der Waals surface area (Å²) in [7, 11) is -0.277. The second kappa shape index (κ2) is 14.7. The first-order valence-corrected chi connectivity index (χ1v) is 16.8. The highest BCUT2D eigenvalue weighted by Crippen LogP contribution is 2.42.